The van der Waals surface area contributed by atoms with Crippen LogP contribution in [-0.2, 0) is 4.79 Å². The number of fused-ring (bicyclic) bond motifs is 7. The van der Waals surface area contributed by atoms with E-state index >= 15 is 0 Å². The van der Waals surface area contributed by atoms with Gasteiger partial charge in [-0.2, -0.15) is 0 Å². The summed E-state index contributed by atoms with van der Waals surface area (Å²) in [4.78, 5) is 12.4. The molecule has 0 heterocycles. The van der Waals surface area contributed by atoms with Crippen molar-refractivity contribution in [3.05, 3.63) is 12.7 Å². The minimum absolute atomic E-state index is 0.275. The first-order valence-corrected chi connectivity index (χ1v) is 13.0. The SMILES string of the molecule is C=CC.CC1C(=O)CCC2(C)C1CCC1(C)C3CCC4(CO)CCCC4C3CCC21. The third-order valence-electron chi connectivity index (χ3n) is 11.4. The zero-order valence-electron chi connectivity index (χ0n) is 20.1. The molecule has 5 aliphatic rings. The summed E-state index contributed by atoms with van der Waals surface area (Å²) in [6.07, 6.45) is 15.7. The van der Waals surface area contributed by atoms with Crippen LogP contribution >= 0.6 is 0 Å². The average Bonchev–Trinajstić information content (AvgIpc) is 3.16. The molecule has 30 heavy (non-hydrogen) atoms. The quantitative estimate of drug-likeness (QED) is 0.478. The Bertz CT molecular complexity index is 670. The second kappa shape index (κ2) is 8.05. The Balaban J connectivity index is 0.000000687. The molecule has 9 atom stereocenters. The van der Waals surface area contributed by atoms with Crippen LogP contribution in [0.3, 0.4) is 0 Å². The van der Waals surface area contributed by atoms with Crippen molar-refractivity contribution in [3.8, 4) is 0 Å². The number of carbonyl (C=O) groups excluding carboxylic acids is 1. The number of allylic oxidation sites excluding steroid dienone is 1. The number of aliphatic hydroxyl groups excluding tert-OH is 1. The van der Waals surface area contributed by atoms with Crippen molar-refractivity contribution in [2.75, 3.05) is 6.61 Å². The molecule has 170 valence electrons. The van der Waals surface area contributed by atoms with Crippen molar-refractivity contribution < 1.29 is 9.90 Å². The van der Waals surface area contributed by atoms with Crippen LogP contribution in [0.1, 0.15) is 98.3 Å². The van der Waals surface area contributed by atoms with Gasteiger partial charge in [-0.1, -0.05) is 33.3 Å². The summed E-state index contributed by atoms with van der Waals surface area (Å²) in [6, 6.07) is 0. The lowest BCUT2D eigenvalue weighted by molar-refractivity contribution is -0.187. The van der Waals surface area contributed by atoms with E-state index in [2.05, 4.69) is 27.4 Å². The molecule has 0 amide bonds. The predicted molar refractivity (Wildman–Crippen MR) is 124 cm³/mol. The Hall–Kier alpha value is -0.630. The van der Waals surface area contributed by atoms with Crippen LogP contribution in [0.5, 0.6) is 0 Å². The van der Waals surface area contributed by atoms with Crippen LogP contribution in [0, 0.1) is 51.8 Å². The van der Waals surface area contributed by atoms with Crippen molar-refractivity contribution in [2.45, 2.75) is 98.3 Å². The molecule has 0 saturated heterocycles. The lowest BCUT2D eigenvalue weighted by atomic mass is 9.38. The highest BCUT2D eigenvalue weighted by molar-refractivity contribution is 5.82. The summed E-state index contributed by atoms with van der Waals surface area (Å²) in [7, 11) is 0. The van der Waals surface area contributed by atoms with Gasteiger partial charge in [-0.15, -0.1) is 6.58 Å². The van der Waals surface area contributed by atoms with E-state index in [1.165, 1.54) is 57.8 Å². The molecule has 5 aliphatic carbocycles. The first kappa shape index (κ1) is 22.6. The standard InChI is InChI=1S/C25H40O2.C3H6/c1-16-18-8-12-24(3)19-9-14-25(15-26)11-4-5-20(25)17(19)6-7-22(24)23(18,2)13-10-21(16)27;1-3-2/h16-20,22,26H,4-15H2,1-3H3;3H,1H2,2H3. The summed E-state index contributed by atoms with van der Waals surface area (Å²) in [5.74, 6) is 4.77. The Kier molecular flexibility index (Phi) is 6.06. The monoisotopic (exact) mass is 414 g/mol. The van der Waals surface area contributed by atoms with Gasteiger partial charge >= 0.3 is 0 Å². The number of ketones is 1. The molecule has 2 nitrogen and oxygen atoms in total. The van der Waals surface area contributed by atoms with Crippen molar-refractivity contribution in [1.29, 1.82) is 0 Å². The Labute approximate surface area is 185 Å². The Morgan fingerprint density at radius 1 is 0.967 bits per heavy atom. The van der Waals surface area contributed by atoms with E-state index in [9.17, 15) is 9.90 Å². The first-order chi connectivity index (χ1) is 14.3. The van der Waals surface area contributed by atoms with Crippen molar-refractivity contribution >= 4 is 5.78 Å². The van der Waals surface area contributed by atoms with E-state index < -0.39 is 0 Å². The van der Waals surface area contributed by atoms with Gasteiger partial charge in [0.25, 0.3) is 0 Å². The van der Waals surface area contributed by atoms with Gasteiger partial charge in [0.2, 0.25) is 0 Å². The fourth-order valence-corrected chi connectivity index (χ4v) is 10.0. The molecule has 0 aliphatic heterocycles. The minimum atomic E-state index is 0.275. The summed E-state index contributed by atoms with van der Waals surface area (Å²) < 4.78 is 0. The van der Waals surface area contributed by atoms with Crippen LogP contribution in [0.2, 0.25) is 0 Å². The number of rotatable bonds is 1. The number of aliphatic hydroxyl groups is 1. The minimum Gasteiger partial charge on any atom is -0.396 e. The second-order valence-electron chi connectivity index (χ2n) is 12.3. The van der Waals surface area contributed by atoms with E-state index in [-0.39, 0.29) is 11.3 Å². The summed E-state index contributed by atoms with van der Waals surface area (Å²) in [5.41, 5.74) is 1.13. The molecule has 5 rings (SSSR count). The maximum absolute atomic E-state index is 12.4. The smallest absolute Gasteiger partial charge is 0.136 e. The first-order valence-electron chi connectivity index (χ1n) is 13.0. The molecule has 0 aromatic heterocycles. The molecule has 0 aromatic rings. The largest absolute Gasteiger partial charge is 0.396 e. The molecule has 5 saturated carbocycles. The van der Waals surface area contributed by atoms with E-state index in [1.54, 1.807) is 6.08 Å². The average molecular weight is 415 g/mol. The molecule has 0 bridgehead atoms. The van der Waals surface area contributed by atoms with Crippen LogP contribution in [0.25, 0.3) is 0 Å². The fraction of sp³-hybridized carbons (Fsp3) is 0.893. The lowest BCUT2D eigenvalue weighted by Crippen LogP contribution is -2.61. The van der Waals surface area contributed by atoms with Gasteiger partial charge < -0.3 is 5.11 Å². The highest BCUT2D eigenvalue weighted by Crippen LogP contribution is 2.71. The van der Waals surface area contributed by atoms with Crippen molar-refractivity contribution in [2.24, 2.45) is 51.8 Å². The molecular weight excluding hydrogens is 368 g/mol. The van der Waals surface area contributed by atoms with Gasteiger partial charge in [-0.3, -0.25) is 4.79 Å². The molecule has 0 radical (unpaired) electrons. The van der Waals surface area contributed by atoms with E-state index in [1.807, 2.05) is 6.92 Å². The summed E-state index contributed by atoms with van der Waals surface area (Å²) in [5, 5.41) is 10.3. The Morgan fingerprint density at radius 3 is 2.33 bits per heavy atom. The van der Waals surface area contributed by atoms with Crippen LogP contribution in [0.4, 0.5) is 0 Å². The topological polar surface area (TPSA) is 37.3 Å². The van der Waals surface area contributed by atoms with Crippen molar-refractivity contribution in [1.82, 2.24) is 0 Å². The number of hydrogen-bond donors (Lipinski definition) is 1. The normalized spacial score (nSPS) is 52.1. The van der Waals surface area contributed by atoms with Gasteiger partial charge in [0.1, 0.15) is 5.78 Å². The zero-order chi connectivity index (χ0) is 21.7. The van der Waals surface area contributed by atoms with Crippen LogP contribution in [0.15, 0.2) is 12.7 Å². The number of hydrogen-bond acceptors (Lipinski definition) is 2. The molecule has 2 heteroatoms. The van der Waals surface area contributed by atoms with Crippen molar-refractivity contribution in [3.63, 3.8) is 0 Å². The van der Waals surface area contributed by atoms with Gasteiger partial charge in [-0.25, -0.2) is 0 Å². The van der Waals surface area contributed by atoms with Gasteiger partial charge in [0, 0.05) is 18.9 Å². The zero-order valence-corrected chi connectivity index (χ0v) is 20.1. The second-order valence-corrected chi connectivity index (χ2v) is 12.3. The predicted octanol–water partition coefficient (Wildman–Crippen LogP) is 6.82. The molecular formula is C28H46O2. The molecule has 0 spiro atoms. The summed E-state index contributed by atoms with van der Waals surface area (Å²) in [6.45, 7) is 13.1. The van der Waals surface area contributed by atoms with E-state index in [0.717, 1.165) is 36.5 Å². The molecule has 0 aromatic carbocycles. The van der Waals surface area contributed by atoms with E-state index in [0.29, 0.717) is 29.1 Å². The van der Waals surface area contributed by atoms with Gasteiger partial charge in [0.05, 0.1) is 0 Å². The number of Topliss-reactive ketones (excluding diaryl/α,β-unsaturated/α-hetero) is 1. The molecule has 9 unspecified atom stereocenters. The number of carbonyl (C=O) groups is 1. The van der Waals surface area contributed by atoms with Crippen LogP contribution in [-0.4, -0.2) is 17.5 Å². The fourth-order valence-electron chi connectivity index (χ4n) is 10.0. The maximum Gasteiger partial charge on any atom is 0.136 e. The van der Waals surface area contributed by atoms with Gasteiger partial charge in [-0.05, 0) is 111 Å². The third-order valence-corrected chi connectivity index (χ3v) is 11.4. The summed E-state index contributed by atoms with van der Waals surface area (Å²) >= 11 is 0. The van der Waals surface area contributed by atoms with Gasteiger partial charge in [0.15, 0.2) is 0 Å². The van der Waals surface area contributed by atoms with E-state index in [4.69, 9.17) is 0 Å². The highest BCUT2D eigenvalue weighted by atomic mass is 16.3. The maximum atomic E-state index is 12.4. The van der Waals surface area contributed by atoms with Crippen LogP contribution < -0.4 is 0 Å². The molecule has 5 fully saturated rings. The Morgan fingerprint density at radius 2 is 1.63 bits per heavy atom. The third kappa shape index (κ3) is 3.10. The molecule has 1 N–H and O–H groups in total. The highest BCUT2D eigenvalue weighted by Gasteiger charge is 2.64. The lowest BCUT2D eigenvalue weighted by Gasteiger charge is -2.67.